The van der Waals surface area contributed by atoms with Crippen molar-refractivity contribution in [2.45, 2.75) is 33.3 Å². The first-order valence-corrected chi connectivity index (χ1v) is 5.84. The Balaban J connectivity index is 2.49. The molecule has 98 valence electrons. The van der Waals surface area contributed by atoms with Crippen LogP contribution >= 0.6 is 0 Å². The lowest BCUT2D eigenvalue weighted by Gasteiger charge is -2.19. The highest BCUT2D eigenvalue weighted by Gasteiger charge is 2.16. The largest absolute Gasteiger partial charge is 0.459 e. The number of aryl methyl sites for hydroxylation is 1. The van der Waals surface area contributed by atoms with Gasteiger partial charge in [-0.2, -0.15) is 0 Å². The standard InChI is InChI=1S/C14H19NO3/c1-10-6-5-7-11(8-10)13(17)15-9-12(16)18-14(2,3)4/h5-8H,9H2,1-4H3,(H,15,17). The van der Waals surface area contributed by atoms with E-state index in [1.807, 2.05) is 13.0 Å². The van der Waals surface area contributed by atoms with E-state index in [9.17, 15) is 9.59 Å². The average molecular weight is 249 g/mol. The zero-order valence-electron chi connectivity index (χ0n) is 11.2. The topological polar surface area (TPSA) is 55.4 Å². The molecule has 1 aromatic carbocycles. The van der Waals surface area contributed by atoms with Gasteiger partial charge in [0, 0.05) is 5.56 Å². The maximum atomic E-state index is 11.7. The van der Waals surface area contributed by atoms with Gasteiger partial charge in [-0.15, -0.1) is 0 Å². The lowest BCUT2D eigenvalue weighted by molar-refractivity contribution is -0.153. The van der Waals surface area contributed by atoms with Gasteiger partial charge in [0.05, 0.1) is 0 Å². The van der Waals surface area contributed by atoms with Crippen molar-refractivity contribution in [2.24, 2.45) is 0 Å². The number of ether oxygens (including phenoxy) is 1. The highest BCUT2D eigenvalue weighted by molar-refractivity contribution is 5.96. The summed E-state index contributed by atoms with van der Waals surface area (Å²) in [7, 11) is 0. The summed E-state index contributed by atoms with van der Waals surface area (Å²) in [5, 5.41) is 2.54. The zero-order valence-corrected chi connectivity index (χ0v) is 11.2. The quantitative estimate of drug-likeness (QED) is 0.834. The molecule has 0 aliphatic rings. The summed E-state index contributed by atoms with van der Waals surface area (Å²) in [5.41, 5.74) is 1.00. The molecule has 0 fully saturated rings. The minimum Gasteiger partial charge on any atom is -0.459 e. The number of carbonyl (C=O) groups excluding carboxylic acids is 2. The molecule has 0 bridgehead atoms. The van der Waals surface area contributed by atoms with Crippen molar-refractivity contribution in [3.8, 4) is 0 Å². The second kappa shape index (κ2) is 5.67. The SMILES string of the molecule is Cc1cccc(C(=O)NCC(=O)OC(C)(C)C)c1. The molecule has 0 unspecified atom stereocenters. The fourth-order valence-corrected chi connectivity index (χ4v) is 1.42. The Kier molecular flexibility index (Phi) is 4.48. The summed E-state index contributed by atoms with van der Waals surface area (Å²) in [6.45, 7) is 7.14. The predicted molar refractivity (Wildman–Crippen MR) is 69.4 cm³/mol. The highest BCUT2D eigenvalue weighted by Crippen LogP contribution is 2.07. The van der Waals surface area contributed by atoms with Crippen LogP contribution in [-0.4, -0.2) is 24.0 Å². The van der Waals surface area contributed by atoms with E-state index in [1.54, 1.807) is 39.0 Å². The third-order valence-electron chi connectivity index (χ3n) is 2.09. The Hall–Kier alpha value is -1.84. The molecular weight excluding hydrogens is 230 g/mol. The normalized spacial score (nSPS) is 10.9. The van der Waals surface area contributed by atoms with Crippen LogP contribution in [0.3, 0.4) is 0 Å². The summed E-state index contributed by atoms with van der Waals surface area (Å²) in [6, 6.07) is 7.18. The third kappa shape index (κ3) is 4.99. The van der Waals surface area contributed by atoms with Gasteiger partial charge >= 0.3 is 5.97 Å². The molecule has 0 aliphatic heterocycles. The molecule has 0 atom stereocenters. The predicted octanol–water partition coefficient (Wildman–Crippen LogP) is 2.07. The molecule has 0 radical (unpaired) electrons. The molecule has 0 saturated carbocycles. The molecular formula is C14H19NO3. The number of amides is 1. The molecule has 0 saturated heterocycles. The lowest BCUT2D eigenvalue weighted by Crippen LogP contribution is -2.34. The van der Waals surface area contributed by atoms with Gasteiger partial charge in [0.25, 0.3) is 5.91 Å². The van der Waals surface area contributed by atoms with E-state index in [0.29, 0.717) is 5.56 Å². The van der Waals surface area contributed by atoms with Crippen LogP contribution in [0.15, 0.2) is 24.3 Å². The second-order valence-electron chi connectivity index (χ2n) is 5.14. The second-order valence-corrected chi connectivity index (χ2v) is 5.14. The van der Waals surface area contributed by atoms with Gasteiger partial charge in [-0.05, 0) is 39.8 Å². The number of carbonyl (C=O) groups is 2. The van der Waals surface area contributed by atoms with Crippen LogP contribution in [0.25, 0.3) is 0 Å². The average Bonchev–Trinajstić information content (AvgIpc) is 2.23. The van der Waals surface area contributed by atoms with Gasteiger partial charge in [-0.3, -0.25) is 9.59 Å². The molecule has 0 heterocycles. The van der Waals surface area contributed by atoms with E-state index in [-0.39, 0.29) is 12.5 Å². The van der Waals surface area contributed by atoms with Crippen LogP contribution in [-0.2, 0) is 9.53 Å². The Bertz CT molecular complexity index is 447. The Morgan fingerprint density at radius 1 is 1.28 bits per heavy atom. The van der Waals surface area contributed by atoms with Gasteiger partial charge in [0.1, 0.15) is 12.1 Å². The van der Waals surface area contributed by atoms with Crippen LogP contribution in [0.5, 0.6) is 0 Å². The fourth-order valence-electron chi connectivity index (χ4n) is 1.42. The van der Waals surface area contributed by atoms with Gasteiger partial charge in [0.2, 0.25) is 0 Å². The molecule has 0 spiro atoms. The van der Waals surface area contributed by atoms with Crippen molar-refractivity contribution in [2.75, 3.05) is 6.54 Å². The first-order chi connectivity index (χ1) is 8.28. The molecule has 18 heavy (non-hydrogen) atoms. The molecule has 1 aromatic rings. The van der Waals surface area contributed by atoms with Crippen LogP contribution in [0, 0.1) is 6.92 Å². The molecule has 4 heteroatoms. The van der Waals surface area contributed by atoms with Gasteiger partial charge in [0.15, 0.2) is 0 Å². The highest BCUT2D eigenvalue weighted by atomic mass is 16.6. The van der Waals surface area contributed by atoms with Gasteiger partial charge in [-0.1, -0.05) is 17.7 Å². The van der Waals surface area contributed by atoms with Crippen molar-refractivity contribution in [3.63, 3.8) is 0 Å². The summed E-state index contributed by atoms with van der Waals surface area (Å²) in [5.74, 6) is -0.715. The van der Waals surface area contributed by atoms with Crippen molar-refractivity contribution in [1.29, 1.82) is 0 Å². The van der Waals surface area contributed by atoms with E-state index >= 15 is 0 Å². The van der Waals surface area contributed by atoms with Crippen LogP contribution in [0.1, 0.15) is 36.7 Å². The number of esters is 1. The number of rotatable bonds is 3. The number of benzene rings is 1. The summed E-state index contributed by atoms with van der Waals surface area (Å²) >= 11 is 0. The Labute approximate surface area is 107 Å². The number of hydrogen-bond donors (Lipinski definition) is 1. The van der Waals surface area contributed by atoms with Gasteiger partial charge < -0.3 is 10.1 Å². The van der Waals surface area contributed by atoms with Crippen LogP contribution in [0.4, 0.5) is 0 Å². The first-order valence-electron chi connectivity index (χ1n) is 5.84. The first kappa shape index (κ1) is 14.2. The fraction of sp³-hybridized carbons (Fsp3) is 0.429. The van der Waals surface area contributed by atoms with E-state index in [0.717, 1.165) is 5.56 Å². The van der Waals surface area contributed by atoms with Crippen molar-refractivity contribution < 1.29 is 14.3 Å². The molecule has 1 rings (SSSR count). The number of hydrogen-bond acceptors (Lipinski definition) is 3. The summed E-state index contributed by atoms with van der Waals surface area (Å²) < 4.78 is 5.09. The lowest BCUT2D eigenvalue weighted by atomic mass is 10.1. The van der Waals surface area contributed by atoms with Crippen LogP contribution < -0.4 is 5.32 Å². The molecule has 1 amide bonds. The zero-order chi connectivity index (χ0) is 13.8. The summed E-state index contributed by atoms with van der Waals surface area (Å²) in [4.78, 5) is 23.2. The maximum absolute atomic E-state index is 11.7. The van der Waals surface area contributed by atoms with E-state index in [1.165, 1.54) is 0 Å². The molecule has 4 nitrogen and oxygen atoms in total. The Morgan fingerprint density at radius 2 is 1.94 bits per heavy atom. The van der Waals surface area contributed by atoms with E-state index in [2.05, 4.69) is 5.32 Å². The minimum absolute atomic E-state index is 0.121. The van der Waals surface area contributed by atoms with Gasteiger partial charge in [-0.25, -0.2) is 0 Å². The van der Waals surface area contributed by atoms with Crippen molar-refractivity contribution >= 4 is 11.9 Å². The van der Waals surface area contributed by atoms with Crippen molar-refractivity contribution in [1.82, 2.24) is 5.32 Å². The molecule has 1 N–H and O–H groups in total. The van der Waals surface area contributed by atoms with E-state index in [4.69, 9.17) is 4.74 Å². The third-order valence-corrected chi connectivity index (χ3v) is 2.09. The van der Waals surface area contributed by atoms with E-state index < -0.39 is 11.6 Å². The van der Waals surface area contributed by atoms with Crippen LogP contribution in [0.2, 0.25) is 0 Å². The maximum Gasteiger partial charge on any atom is 0.325 e. The smallest absolute Gasteiger partial charge is 0.325 e. The van der Waals surface area contributed by atoms with Crippen molar-refractivity contribution in [3.05, 3.63) is 35.4 Å². The molecule has 0 aromatic heterocycles. The Morgan fingerprint density at radius 3 is 2.50 bits per heavy atom. The molecule has 0 aliphatic carbocycles. The minimum atomic E-state index is -0.537. The summed E-state index contributed by atoms with van der Waals surface area (Å²) in [6.07, 6.45) is 0. The number of nitrogens with one attached hydrogen (secondary N) is 1. The monoisotopic (exact) mass is 249 g/mol.